The lowest BCUT2D eigenvalue weighted by Gasteiger charge is -2.18. The Hall–Kier alpha value is -1.06. The van der Waals surface area contributed by atoms with Gasteiger partial charge in [0.1, 0.15) is 0 Å². The topological polar surface area (TPSA) is 55.1 Å². The van der Waals surface area contributed by atoms with Gasteiger partial charge in [0, 0.05) is 17.3 Å². The number of nitrogens with two attached hydrogens (primary N) is 1. The predicted octanol–water partition coefficient (Wildman–Crippen LogP) is 2.51. The third-order valence-corrected chi connectivity index (χ3v) is 2.76. The molecule has 3 N–H and O–H groups in total. The lowest BCUT2D eigenvalue weighted by Crippen LogP contribution is -2.33. The summed E-state index contributed by atoms with van der Waals surface area (Å²) in [5, 5.41) is 3.47. The maximum Gasteiger partial charge on any atom is 0.229 e. The van der Waals surface area contributed by atoms with Crippen LogP contribution in [0, 0.1) is 11.8 Å². The van der Waals surface area contributed by atoms with E-state index < -0.39 is 0 Å². The minimum absolute atomic E-state index is 0.0418. The molecule has 0 saturated heterocycles. The molecule has 1 aromatic carbocycles. The molecular weight excluding hydrogens is 224 g/mol. The van der Waals surface area contributed by atoms with Crippen LogP contribution >= 0.6 is 11.6 Å². The fourth-order valence-corrected chi connectivity index (χ4v) is 1.58. The molecule has 0 saturated carbocycles. The smallest absolute Gasteiger partial charge is 0.229 e. The molecule has 4 heteroatoms. The number of anilines is 1. The van der Waals surface area contributed by atoms with Gasteiger partial charge in [0.2, 0.25) is 5.91 Å². The summed E-state index contributed by atoms with van der Waals surface area (Å²) in [6, 6.07) is 7.02. The van der Waals surface area contributed by atoms with E-state index in [2.05, 4.69) is 5.32 Å². The standard InChI is InChI=1S/C12H17ClN2O/c1-8(2)11(7-14)12(16)15-10-5-3-9(13)4-6-10/h3-6,8,11H,7,14H2,1-2H3,(H,15,16). The average molecular weight is 241 g/mol. The van der Waals surface area contributed by atoms with E-state index in [1.54, 1.807) is 24.3 Å². The van der Waals surface area contributed by atoms with E-state index in [0.717, 1.165) is 5.69 Å². The molecule has 1 aromatic rings. The Labute approximate surface area is 101 Å². The molecule has 0 aliphatic carbocycles. The number of carbonyl (C=O) groups excluding carboxylic acids is 1. The summed E-state index contributed by atoms with van der Waals surface area (Å²) >= 11 is 5.76. The molecule has 1 rings (SSSR count). The fourth-order valence-electron chi connectivity index (χ4n) is 1.45. The van der Waals surface area contributed by atoms with Crippen LogP contribution in [0.2, 0.25) is 5.02 Å². The molecule has 0 aliphatic rings. The number of hydrogen-bond donors (Lipinski definition) is 2. The van der Waals surface area contributed by atoms with Crippen molar-refractivity contribution in [1.29, 1.82) is 0 Å². The quantitative estimate of drug-likeness (QED) is 0.850. The zero-order chi connectivity index (χ0) is 12.1. The fraction of sp³-hybridized carbons (Fsp3) is 0.417. The molecule has 3 nitrogen and oxygen atoms in total. The van der Waals surface area contributed by atoms with Crippen LogP contribution in [0.15, 0.2) is 24.3 Å². The van der Waals surface area contributed by atoms with Crippen LogP contribution < -0.4 is 11.1 Å². The van der Waals surface area contributed by atoms with Crippen molar-refractivity contribution in [2.45, 2.75) is 13.8 Å². The van der Waals surface area contributed by atoms with Crippen molar-refractivity contribution in [2.24, 2.45) is 17.6 Å². The molecule has 1 unspecified atom stereocenters. The molecule has 0 aliphatic heterocycles. The first kappa shape index (κ1) is 13.0. The van der Waals surface area contributed by atoms with Gasteiger partial charge in [-0.2, -0.15) is 0 Å². The van der Waals surface area contributed by atoms with Gasteiger partial charge in [-0.1, -0.05) is 25.4 Å². The molecule has 0 aromatic heterocycles. The summed E-state index contributed by atoms with van der Waals surface area (Å²) in [7, 11) is 0. The minimum Gasteiger partial charge on any atom is -0.330 e. The van der Waals surface area contributed by atoms with E-state index >= 15 is 0 Å². The highest BCUT2D eigenvalue weighted by atomic mass is 35.5. The molecule has 0 radical (unpaired) electrons. The highest BCUT2D eigenvalue weighted by Crippen LogP contribution is 2.16. The largest absolute Gasteiger partial charge is 0.330 e. The lowest BCUT2D eigenvalue weighted by molar-refractivity contribution is -0.120. The number of hydrogen-bond acceptors (Lipinski definition) is 2. The molecule has 0 bridgehead atoms. The maximum atomic E-state index is 11.8. The van der Waals surface area contributed by atoms with Crippen molar-refractivity contribution in [3.05, 3.63) is 29.3 Å². The maximum absolute atomic E-state index is 11.8. The third kappa shape index (κ3) is 3.51. The van der Waals surface area contributed by atoms with Gasteiger partial charge in [-0.25, -0.2) is 0 Å². The van der Waals surface area contributed by atoms with Gasteiger partial charge in [0.05, 0.1) is 5.92 Å². The zero-order valence-corrected chi connectivity index (χ0v) is 10.3. The second kappa shape index (κ2) is 5.87. The van der Waals surface area contributed by atoms with Crippen molar-refractivity contribution in [3.8, 4) is 0 Å². The Kier molecular flexibility index (Phi) is 4.77. The van der Waals surface area contributed by atoms with Gasteiger partial charge < -0.3 is 11.1 Å². The van der Waals surface area contributed by atoms with E-state index in [-0.39, 0.29) is 17.7 Å². The molecule has 0 fully saturated rings. The van der Waals surface area contributed by atoms with Crippen molar-refractivity contribution in [3.63, 3.8) is 0 Å². The summed E-state index contributed by atoms with van der Waals surface area (Å²) in [6.45, 7) is 4.33. The van der Waals surface area contributed by atoms with E-state index in [4.69, 9.17) is 17.3 Å². The van der Waals surface area contributed by atoms with Crippen LogP contribution in [0.25, 0.3) is 0 Å². The monoisotopic (exact) mass is 240 g/mol. The average Bonchev–Trinajstić information content (AvgIpc) is 2.22. The van der Waals surface area contributed by atoms with Gasteiger partial charge in [-0.3, -0.25) is 4.79 Å². The van der Waals surface area contributed by atoms with Crippen LogP contribution in [-0.4, -0.2) is 12.5 Å². The SMILES string of the molecule is CC(C)C(CN)C(=O)Nc1ccc(Cl)cc1. The van der Waals surface area contributed by atoms with Crippen molar-refractivity contribution in [2.75, 3.05) is 11.9 Å². The highest BCUT2D eigenvalue weighted by Gasteiger charge is 2.20. The Morgan fingerprint density at radius 1 is 1.38 bits per heavy atom. The van der Waals surface area contributed by atoms with Crippen molar-refractivity contribution in [1.82, 2.24) is 0 Å². The highest BCUT2D eigenvalue weighted by molar-refractivity contribution is 6.30. The zero-order valence-electron chi connectivity index (χ0n) is 9.53. The molecule has 0 spiro atoms. The number of carbonyl (C=O) groups is 1. The molecule has 1 amide bonds. The van der Waals surface area contributed by atoms with Crippen LogP contribution in [-0.2, 0) is 4.79 Å². The van der Waals surface area contributed by atoms with Gasteiger partial charge >= 0.3 is 0 Å². The number of nitrogens with one attached hydrogen (secondary N) is 1. The number of benzene rings is 1. The number of rotatable bonds is 4. The normalized spacial score (nSPS) is 12.6. The first-order valence-electron chi connectivity index (χ1n) is 5.31. The third-order valence-electron chi connectivity index (χ3n) is 2.51. The summed E-state index contributed by atoms with van der Waals surface area (Å²) < 4.78 is 0. The van der Waals surface area contributed by atoms with Gasteiger partial charge in [0.25, 0.3) is 0 Å². The van der Waals surface area contributed by atoms with Crippen LogP contribution in [0.5, 0.6) is 0 Å². The summed E-state index contributed by atoms with van der Waals surface area (Å²) in [4.78, 5) is 11.8. The Morgan fingerprint density at radius 2 is 1.94 bits per heavy atom. The van der Waals surface area contributed by atoms with E-state index in [1.807, 2.05) is 13.8 Å². The van der Waals surface area contributed by atoms with E-state index in [9.17, 15) is 4.79 Å². The summed E-state index contributed by atoms with van der Waals surface area (Å²) in [5.41, 5.74) is 6.31. The Morgan fingerprint density at radius 3 is 2.38 bits per heavy atom. The van der Waals surface area contributed by atoms with Crippen LogP contribution in [0.4, 0.5) is 5.69 Å². The molecule has 16 heavy (non-hydrogen) atoms. The van der Waals surface area contributed by atoms with Crippen molar-refractivity contribution < 1.29 is 4.79 Å². The molecule has 0 heterocycles. The molecule has 88 valence electrons. The van der Waals surface area contributed by atoms with Crippen molar-refractivity contribution >= 4 is 23.2 Å². The minimum atomic E-state index is -0.157. The van der Waals surface area contributed by atoms with Gasteiger partial charge in [-0.05, 0) is 30.2 Å². The number of amides is 1. The van der Waals surface area contributed by atoms with Gasteiger partial charge in [-0.15, -0.1) is 0 Å². The second-order valence-corrected chi connectivity index (χ2v) is 4.52. The van der Waals surface area contributed by atoms with Gasteiger partial charge in [0.15, 0.2) is 0 Å². The second-order valence-electron chi connectivity index (χ2n) is 4.08. The Bertz CT molecular complexity index is 349. The van der Waals surface area contributed by atoms with E-state index in [1.165, 1.54) is 0 Å². The lowest BCUT2D eigenvalue weighted by atomic mass is 9.95. The van der Waals surface area contributed by atoms with Crippen LogP contribution in [0.1, 0.15) is 13.8 Å². The summed E-state index contributed by atoms with van der Waals surface area (Å²) in [5.74, 6) is 0.0350. The molecular formula is C12H17ClN2O. The summed E-state index contributed by atoms with van der Waals surface area (Å²) in [6.07, 6.45) is 0. The number of halogens is 1. The van der Waals surface area contributed by atoms with Crippen LogP contribution in [0.3, 0.4) is 0 Å². The predicted molar refractivity (Wildman–Crippen MR) is 67.5 cm³/mol. The molecule has 1 atom stereocenters. The first-order valence-corrected chi connectivity index (χ1v) is 5.69. The Balaban J connectivity index is 2.66. The van der Waals surface area contributed by atoms with E-state index in [0.29, 0.717) is 11.6 Å². The first-order chi connectivity index (χ1) is 7.54.